The molecule has 0 saturated carbocycles. The Labute approximate surface area is 141 Å². The van der Waals surface area contributed by atoms with Crippen molar-refractivity contribution in [3.05, 3.63) is 0 Å². The molecule has 10 heteroatoms. The molecular weight excluding hydrogens is 352 g/mol. The maximum Gasteiger partial charge on any atom is 0.137 e. The Balaban J connectivity index is 2.09. The molecule has 0 unspecified atom stereocenters. The maximum atomic E-state index is 2.84. The fraction of sp³-hybridized carbons (Fsp3) is 1.00. The minimum Gasteiger partial charge on any atom is -0.208 e. The average molecular weight is 382 g/mol. The summed E-state index contributed by atoms with van der Waals surface area (Å²) in [5, 5.41) is 0. The van der Waals surface area contributed by atoms with E-state index in [1.165, 1.54) is 39.3 Å². The number of hydrogen-bond donors (Lipinski definition) is 0. The molecule has 0 spiro atoms. The van der Waals surface area contributed by atoms with Gasteiger partial charge in [0, 0.05) is 39.3 Å². The third kappa shape index (κ3) is 2.38. The van der Waals surface area contributed by atoms with Crippen molar-refractivity contribution in [2.75, 3.05) is 39.3 Å². The largest absolute Gasteiger partial charge is 0.208 e. The van der Waals surface area contributed by atoms with Gasteiger partial charge < -0.3 is 0 Å². The summed E-state index contributed by atoms with van der Waals surface area (Å²) in [6.07, 6.45) is 0. The summed E-state index contributed by atoms with van der Waals surface area (Å²) < 4.78 is 17.1. The van der Waals surface area contributed by atoms with Gasteiger partial charge in [0.15, 0.2) is 0 Å². The van der Waals surface area contributed by atoms with E-state index < -0.39 is 0 Å². The molecule has 4 aliphatic heterocycles. The zero-order chi connectivity index (χ0) is 16.0. The Morgan fingerprint density at radius 3 is 0.591 bits per heavy atom. The molecule has 4 heterocycles. The second-order valence-corrected chi connectivity index (χ2v) is 15.0. The summed E-state index contributed by atoms with van der Waals surface area (Å²) in [6, 6.07) is 0. The lowest BCUT2D eigenvalue weighted by Gasteiger charge is -2.73. The van der Waals surface area contributed by atoms with E-state index in [0.717, 1.165) is 0 Å². The van der Waals surface area contributed by atoms with Crippen LogP contribution in [0.4, 0.5) is 0 Å². The van der Waals surface area contributed by atoms with Crippen molar-refractivity contribution in [2.24, 2.45) is 0 Å². The van der Waals surface area contributed by atoms with Crippen LogP contribution in [0.15, 0.2) is 0 Å². The Morgan fingerprint density at radius 1 is 0.364 bits per heavy atom. The summed E-state index contributed by atoms with van der Waals surface area (Å²) in [5.41, 5.74) is 0. The van der Waals surface area contributed by atoms with Gasteiger partial charge in [-0.2, -0.15) is 0 Å². The highest BCUT2D eigenvalue weighted by molar-refractivity contribution is 7.94. The molecule has 4 fully saturated rings. The monoisotopic (exact) mass is 382 g/mol. The van der Waals surface area contributed by atoms with Crippen LogP contribution in [-0.2, 0) is 0 Å². The number of nitrogens with zero attached hydrogens (tertiary/aromatic N) is 6. The standard InChI is InChI=1S/C12H30N6P4/c1-7-13-19-14(8-2)21-16(10-4)20(13)17(11-5)22(15(19)9-3)18(21)12-6/h7-12H2,1-6H3. The third-order valence-corrected chi connectivity index (χ3v) is 18.3. The second-order valence-electron chi connectivity index (χ2n) is 5.20. The van der Waals surface area contributed by atoms with Crippen LogP contribution in [0.1, 0.15) is 41.5 Å². The minimum absolute atomic E-state index is 0.238. The highest BCUT2D eigenvalue weighted by atomic mass is 31.3. The van der Waals surface area contributed by atoms with Crippen LogP contribution in [0, 0.1) is 0 Å². The molecule has 4 bridgehead atoms. The van der Waals surface area contributed by atoms with E-state index in [9.17, 15) is 0 Å². The van der Waals surface area contributed by atoms with E-state index in [0.29, 0.717) is 0 Å². The van der Waals surface area contributed by atoms with E-state index in [-0.39, 0.29) is 33.5 Å². The van der Waals surface area contributed by atoms with Crippen molar-refractivity contribution in [3.63, 3.8) is 0 Å². The fourth-order valence-electron chi connectivity index (χ4n) is 3.38. The topological polar surface area (TPSA) is 19.4 Å². The van der Waals surface area contributed by atoms with Crippen molar-refractivity contribution in [1.82, 2.24) is 26.6 Å². The van der Waals surface area contributed by atoms with Gasteiger partial charge in [-0.15, -0.1) is 0 Å². The van der Waals surface area contributed by atoms with Crippen molar-refractivity contribution in [1.29, 1.82) is 0 Å². The Kier molecular flexibility index (Phi) is 6.13. The van der Waals surface area contributed by atoms with Gasteiger partial charge in [-0.25, -0.2) is 26.6 Å². The first kappa shape index (κ1) is 18.3. The van der Waals surface area contributed by atoms with Crippen LogP contribution in [0.2, 0.25) is 0 Å². The first-order chi connectivity index (χ1) is 10.7. The predicted molar refractivity (Wildman–Crippen MR) is 102 cm³/mol. The molecule has 128 valence electrons. The lowest BCUT2D eigenvalue weighted by Crippen LogP contribution is -2.57. The smallest absolute Gasteiger partial charge is 0.137 e. The Bertz CT molecular complexity index is 287. The molecule has 22 heavy (non-hydrogen) atoms. The van der Waals surface area contributed by atoms with Gasteiger partial charge in [0.25, 0.3) is 0 Å². The predicted octanol–water partition coefficient (Wildman–Crippen LogP) is 4.87. The first-order valence-corrected chi connectivity index (χ1v) is 13.3. The van der Waals surface area contributed by atoms with Gasteiger partial charge in [-0.1, -0.05) is 41.5 Å². The van der Waals surface area contributed by atoms with Crippen molar-refractivity contribution < 1.29 is 0 Å². The van der Waals surface area contributed by atoms with Crippen LogP contribution in [0.25, 0.3) is 0 Å². The molecule has 0 atom stereocenters. The highest BCUT2D eigenvalue weighted by Gasteiger charge is 2.65. The quantitative estimate of drug-likeness (QED) is 0.607. The number of hydrogen-bond acceptors (Lipinski definition) is 6. The zero-order valence-corrected chi connectivity index (χ0v) is 18.3. The third-order valence-electron chi connectivity index (χ3n) is 4.17. The summed E-state index contributed by atoms with van der Waals surface area (Å²) in [6.45, 7) is 21.2. The van der Waals surface area contributed by atoms with Crippen molar-refractivity contribution in [3.8, 4) is 0 Å². The van der Waals surface area contributed by atoms with Gasteiger partial charge in [0.1, 0.15) is 33.5 Å². The highest BCUT2D eigenvalue weighted by Crippen LogP contribution is 2.95. The molecule has 0 radical (unpaired) electrons. The average Bonchev–Trinajstić information content (AvgIpc) is 2.55. The molecule has 4 rings (SSSR count). The maximum absolute atomic E-state index is 2.84. The van der Waals surface area contributed by atoms with Crippen LogP contribution in [-0.4, -0.2) is 65.9 Å². The molecule has 0 aromatic heterocycles. The Hall–Kier alpha value is 1.48. The van der Waals surface area contributed by atoms with E-state index >= 15 is 0 Å². The van der Waals surface area contributed by atoms with Crippen LogP contribution >= 0.6 is 33.5 Å². The van der Waals surface area contributed by atoms with Gasteiger partial charge in [-0.05, 0) is 0 Å². The molecule has 4 aliphatic rings. The minimum atomic E-state index is -0.238. The molecule has 4 saturated heterocycles. The van der Waals surface area contributed by atoms with E-state index in [2.05, 4.69) is 68.2 Å². The van der Waals surface area contributed by atoms with Crippen molar-refractivity contribution in [2.45, 2.75) is 41.5 Å². The molecule has 0 amide bonds. The summed E-state index contributed by atoms with van der Waals surface area (Å²) in [5.74, 6) is 0. The molecule has 0 N–H and O–H groups in total. The summed E-state index contributed by atoms with van der Waals surface area (Å²) in [7, 11) is -0.951. The Morgan fingerprint density at radius 2 is 0.500 bits per heavy atom. The van der Waals surface area contributed by atoms with E-state index in [1.807, 2.05) is 0 Å². The first-order valence-electron chi connectivity index (χ1n) is 8.54. The lowest BCUT2D eigenvalue weighted by atomic mass is 10.8. The van der Waals surface area contributed by atoms with E-state index in [4.69, 9.17) is 0 Å². The van der Waals surface area contributed by atoms with E-state index in [1.54, 1.807) is 0 Å². The van der Waals surface area contributed by atoms with Crippen molar-refractivity contribution >= 4 is 33.5 Å². The second kappa shape index (κ2) is 7.38. The van der Waals surface area contributed by atoms with Gasteiger partial charge in [0.05, 0.1) is 0 Å². The normalized spacial score (nSPS) is 38.5. The van der Waals surface area contributed by atoms with Gasteiger partial charge >= 0.3 is 0 Å². The molecule has 0 aromatic carbocycles. The van der Waals surface area contributed by atoms with Gasteiger partial charge in [-0.3, -0.25) is 0 Å². The summed E-state index contributed by atoms with van der Waals surface area (Å²) in [4.78, 5) is 0. The van der Waals surface area contributed by atoms with Crippen LogP contribution in [0.3, 0.4) is 0 Å². The van der Waals surface area contributed by atoms with Crippen LogP contribution in [0.5, 0.6) is 0 Å². The zero-order valence-electron chi connectivity index (χ0n) is 14.7. The molecular formula is C12H30N6P4. The molecule has 0 aliphatic carbocycles. The number of rotatable bonds is 6. The SMILES string of the molecule is CCN1P2N(CC)P3N(CC)P1N(CC)P(N2CC)N3CC. The molecule has 6 nitrogen and oxygen atoms in total. The lowest BCUT2D eigenvalue weighted by molar-refractivity contribution is 0.392. The fourth-order valence-corrected chi connectivity index (χ4v) is 21.9. The summed E-state index contributed by atoms with van der Waals surface area (Å²) >= 11 is 0. The van der Waals surface area contributed by atoms with Crippen LogP contribution < -0.4 is 0 Å². The molecule has 0 aromatic rings. The van der Waals surface area contributed by atoms with Gasteiger partial charge in [0.2, 0.25) is 0 Å².